The smallest absolute Gasteiger partial charge is 0.153 e. The van der Waals surface area contributed by atoms with Gasteiger partial charge in [-0.25, -0.2) is 4.98 Å². The van der Waals surface area contributed by atoms with E-state index in [1.54, 1.807) is 0 Å². The third-order valence-electron chi connectivity index (χ3n) is 5.66. The molecule has 1 aliphatic rings. The number of hydrogen-bond donors (Lipinski definition) is 0. The quantitative estimate of drug-likeness (QED) is 0.467. The van der Waals surface area contributed by atoms with Gasteiger partial charge in [-0.05, 0) is 49.4 Å². The molecule has 2 aromatic heterocycles. The molecule has 140 valence electrons. The van der Waals surface area contributed by atoms with Gasteiger partial charge in [0.05, 0.1) is 5.52 Å². The van der Waals surface area contributed by atoms with Crippen molar-refractivity contribution in [2.75, 3.05) is 11.4 Å². The molecular formula is C23H26ClN3. The van der Waals surface area contributed by atoms with Gasteiger partial charge in [0.2, 0.25) is 0 Å². The van der Waals surface area contributed by atoms with E-state index in [1.165, 1.54) is 33.3 Å². The van der Waals surface area contributed by atoms with E-state index in [1.807, 2.05) is 6.20 Å². The van der Waals surface area contributed by atoms with Gasteiger partial charge in [0, 0.05) is 43.3 Å². The first-order valence-corrected chi connectivity index (χ1v) is 9.40. The van der Waals surface area contributed by atoms with Crippen molar-refractivity contribution in [3.8, 4) is 12.3 Å². The number of anilines is 1. The van der Waals surface area contributed by atoms with Crippen LogP contribution in [0.25, 0.3) is 10.9 Å². The first-order valence-electron chi connectivity index (χ1n) is 9.40. The van der Waals surface area contributed by atoms with Crippen LogP contribution in [0.15, 0.2) is 36.5 Å². The Morgan fingerprint density at radius 1 is 1.15 bits per heavy atom. The molecule has 0 aliphatic carbocycles. The van der Waals surface area contributed by atoms with Gasteiger partial charge in [0.25, 0.3) is 0 Å². The molecule has 0 fully saturated rings. The van der Waals surface area contributed by atoms with Crippen molar-refractivity contribution in [1.82, 2.24) is 9.55 Å². The molecule has 4 rings (SSSR count). The maximum Gasteiger partial charge on any atom is 0.153 e. The molecule has 0 saturated carbocycles. The molecule has 4 heteroatoms. The summed E-state index contributed by atoms with van der Waals surface area (Å²) >= 11 is 0. The fourth-order valence-electron chi connectivity index (χ4n) is 4.10. The molecule has 0 spiro atoms. The van der Waals surface area contributed by atoms with Gasteiger partial charge in [-0.3, -0.25) is 0 Å². The number of fused-ring (bicyclic) bond motifs is 2. The average Bonchev–Trinajstić information content (AvgIpc) is 2.93. The number of halogens is 1. The zero-order chi connectivity index (χ0) is 18.1. The molecule has 0 radical (unpaired) electrons. The zero-order valence-corrected chi connectivity index (χ0v) is 16.9. The molecule has 0 unspecified atom stereocenters. The number of pyridine rings is 1. The SMILES string of the molecule is C#CCCCn1c(C)c(C)c2ccnc(N3CCc4ccccc4C3)c21.Cl. The van der Waals surface area contributed by atoms with E-state index < -0.39 is 0 Å². The second-order valence-electron chi connectivity index (χ2n) is 7.14. The fraction of sp³-hybridized carbons (Fsp3) is 0.348. The number of aryl methyl sites for hydroxylation is 2. The molecule has 3 heterocycles. The number of aromatic nitrogens is 2. The minimum Gasteiger partial charge on any atom is -0.350 e. The van der Waals surface area contributed by atoms with Crippen molar-refractivity contribution < 1.29 is 0 Å². The van der Waals surface area contributed by atoms with E-state index in [-0.39, 0.29) is 12.4 Å². The minimum atomic E-state index is 0. The summed E-state index contributed by atoms with van der Waals surface area (Å²) in [5.74, 6) is 3.87. The Morgan fingerprint density at radius 3 is 2.70 bits per heavy atom. The molecule has 0 bridgehead atoms. The summed E-state index contributed by atoms with van der Waals surface area (Å²) in [5.41, 5.74) is 6.81. The van der Waals surface area contributed by atoms with Crippen LogP contribution < -0.4 is 4.90 Å². The predicted molar refractivity (Wildman–Crippen MR) is 116 cm³/mol. The molecule has 1 aromatic carbocycles. The van der Waals surface area contributed by atoms with Crippen LogP contribution in [0.5, 0.6) is 0 Å². The lowest BCUT2D eigenvalue weighted by Crippen LogP contribution is -2.31. The van der Waals surface area contributed by atoms with Gasteiger partial charge in [-0.1, -0.05) is 24.3 Å². The van der Waals surface area contributed by atoms with Crippen molar-refractivity contribution in [3.05, 3.63) is 58.9 Å². The molecule has 3 aromatic rings. The van der Waals surface area contributed by atoms with E-state index in [4.69, 9.17) is 11.4 Å². The molecular weight excluding hydrogens is 354 g/mol. The molecule has 27 heavy (non-hydrogen) atoms. The zero-order valence-electron chi connectivity index (χ0n) is 16.0. The van der Waals surface area contributed by atoms with Gasteiger partial charge in [0.1, 0.15) is 0 Å². The molecule has 0 amide bonds. The summed E-state index contributed by atoms with van der Waals surface area (Å²) in [7, 11) is 0. The average molecular weight is 380 g/mol. The first-order chi connectivity index (χ1) is 12.7. The van der Waals surface area contributed by atoms with Crippen LogP contribution in [0.1, 0.15) is 35.2 Å². The summed E-state index contributed by atoms with van der Waals surface area (Å²) in [6, 6.07) is 10.9. The van der Waals surface area contributed by atoms with Crippen molar-refractivity contribution in [1.29, 1.82) is 0 Å². The van der Waals surface area contributed by atoms with Crippen LogP contribution in [0, 0.1) is 26.2 Å². The number of unbranched alkanes of at least 4 members (excludes halogenated alkanes) is 1. The Morgan fingerprint density at radius 2 is 1.93 bits per heavy atom. The van der Waals surface area contributed by atoms with E-state index >= 15 is 0 Å². The van der Waals surface area contributed by atoms with Gasteiger partial charge >= 0.3 is 0 Å². The van der Waals surface area contributed by atoms with Crippen LogP contribution in [0.2, 0.25) is 0 Å². The molecule has 0 saturated heterocycles. The van der Waals surface area contributed by atoms with Gasteiger partial charge in [-0.15, -0.1) is 24.8 Å². The predicted octanol–water partition coefficient (Wildman–Crippen LogP) is 5.05. The summed E-state index contributed by atoms with van der Waals surface area (Å²) in [6.45, 7) is 7.31. The number of hydrogen-bond acceptors (Lipinski definition) is 2. The summed E-state index contributed by atoms with van der Waals surface area (Å²) < 4.78 is 2.42. The molecule has 0 N–H and O–H groups in total. The van der Waals surface area contributed by atoms with E-state index in [9.17, 15) is 0 Å². The van der Waals surface area contributed by atoms with E-state index in [0.29, 0.717) is 0 Å². The monoisotopic (exact) mass is 379 g/mol. The van der Waals surface area contributed by atoms with E-state index in [2.05, 4.69) is 59.6 Å². The topological polar surface area (TPSA) is 21.1 Å². The molecule has 3 nitrogen and oxygen atoms in total. The summed E-state index contributed by atoms with van der Waals surface area (Å²) in [6.07, 6.45) is 10.3. The van der Waals surface area contributed by atoms with E-state index in [0.717, 1.165) is 44.7 Å². The fourth-order valence-corrected chi connectivity index (χ4v) is 4.10. The van der Waals surface area contributed by atoms with Gasteiger partial charge in [-0.2, -0.15) is 0 Å². The summed E-state index contributed by atoms with van der Waals surface area (Å²) in [4.78, 5) is 7.24. The normalized spacial score (nSPS) is 13.1. The third-order valence-corrected chi connectivity index (χ3v) is 5.66. The highest BCUT2D eigenvalue weighted by atomic mass is 35.5. The number of rotatable bonds is 4. The van der Waals surface area contributed by atoms with Crippen LogP contribution in [-0.4, -0.2) is 16.1 Å². The Labute approximate surface area is 167 Å². The minimum absolute atomic E-state index is 0. The van der Waals surface area contributed by atoms with Crippen LogP contribution in [0.3, 0.4) is 0 Å². The highest BCUT2D eigenvalue weighted by Crippen LogP contribution is 2.34. The lowest BCUT2D eigenvalue weighted by Gasteiger charge is -2.30. The Kier molecular flexibility index (Phi) is 5.77. The van der Waals surface area contributed by atoms with Crippen molar-refractivity contribution >= 4 is 29.1 Å². The Hall–Kier alpha value is -2.44. The maximum atomic E-state index is 5.46. The van der Waals surface area contributed by atoms with Crippen molar-refractivity contribution in [2.24, 2.45) is 0 Å². The largest absolute Gasteiger partial charge is 0.350 e. The Bertz CT molecular complexity index is 997. The van der Waals surface area contributed by atoms with Crippen molar-refractivity contribution in [2.45, 2.75) is 46.2 Å². The molecule has 0 atom stereocenters. The lowest BCUT2D eigenvalue weighted by atomic mass is 10.00. The van der Waals surface area contributed by atoms with Crippen LogP contribution in [-0.2, 0) is 19.5 Å². The number of nitrogens with zero attached hydrogens (tertiary/aromatic N) is 3. The highest BCUT2D eigenvalue weighted by molar-refractivity contribution is 5.93. The first kappa shape index (κ1) is 19.3. The second-order valence-corrected chi connectivity index (χ2v) is 7.14. The van der Waals surface area contributed by atoms with Crippen LogP contribution >= 0.6 is 12.4 Å². The lowest BCUT2D eigenvalue weighted by molar-refractivity contribution is 0.655. The second kappa shape index (κ2) is 8.06. The third kappa shape index (κ3) is 3.42. The highest BCUT2D eigenvalue weighted by Gasteiger charge is 2.22. The van der Waals surface area contributed by atoms with Gasteiger partial charge in [0.15, 0.2) is 5.82 Å². The Balaban J connectivity index is 0.00000210. The van der Waals surface area contributed by atoms with Gasteiger partial charge < -0.3 is 9.47 Å². The number of terminal acetylenes is 1. The van der Waals surface area contributed by atoms with Crippen LogP contribution in [0.4, 0.5) is 5.82 Å². The molecule has 1 aliphatic heterocycles. The number of benzene rings is 1. The van der Waals surface area contributed by atoms with Crippen molar-refractivity contribution in [3.63, 3.8) is 0 Å². The summed E-state index contributed by atoms with van der Waals surface area (Å²) in [5, 5.41) is 1.31. The standard InChI is InChI=1S/C23H25N3.ClH/c1-4-5-8-14-26-18(3)17(2)21-11-13-24-23(22(21)26)25-15-12-19-9-6-7-10-20(19)16-25;/h1,6-7,9-11,13H,5,8,12,14-16H2,2-3H3;1H. The maximum absolute atomic E-state index is 5.46.